The molecule has 6 nitrogen and oxygen atoms in total. The molecule has 1 heterocycles. The van der Waals surface area contributed by atoms with E-state index in [9.17, 15) is 10.1 Å². The van der Waals surface area contributed by atoms with Crippen LogP contribution in [0, 0.1) is 17.0 Å². The summed E-state index contributed by atoms with van der Waals surface area (Å²) in [6.07, 6.45) is 1.15. The molecule has 0 atom stereocenters. The molecule has 1 aromatic heterocycles. The van der Waals surface area contributed by atoms with Gasteiger partial charge in [-0.25, -0.2) is 0 Å². The maximum atomic E-state index is 10.7. The molecule has 6 heteroatoms. The first-order valence-electron chi connectivity index (χ1n) is 5.14. The molecular weight excluding hydrogens is 236 g/mol. The molecule has 0 spiro atoms. The summed E-state index contributed by atoms with van der Waals surface area (Å²) in [5, 5.41) is 22.0. The van der Waals surface area contributed by atoms with Gasteiger partial charge in [-0.2, -0.15) is 0 Å². The van der Waals surface area contributed by atoms with E-state index in [0.29, 0.717) is 17.1 Å². The first-order chi connectivity index (χ1) is 8.61. The zero-order valence-electron chi connectivity index (χ0n) is 9.53. The average Bonchev–Trinajstić information content (AvgIpc) is 2.78. The lowest BCUT2D eigenvalue weighted by atomic mass is 10.1. The monoisotopic (exact) mass is 246 g/mol. The van der Waals surface area contributed by atoms with E-state index in [-0.39, 0.29) is 5.69 Å². The minimum atomic E-state index is -0.456. The first kappa shape index (κ1) is 11.8. The Hall–Kier alpha value is -2.63. The summed E-state index contributed by atoms with van der Waals surface area (Å²) in [6.45, 7) is 1.83. The van der Waals surface area contributed by atoms with Crippen molar-refractivity contribution in [3.63, 3.8) is 0 Å². The summed E-state index contributed by atoms with van der Waals surface area (Å²) in [4.78, 5) is 10.3. The van der Waals surface area contributed by atoms with Crippen molar-refractivity contribution in [1.29, 1.82) is 0 Å². The lowest BCUT2D eigenvalue weighted by molar-refractivity contribution is -0.384. The largest absolute Gasteiger partial charge is 0.455 e. The van der Waals surface area contributed by atoms with Gasteiger partial charge in [-0.1, -0.05) is 11.2 Å². The Balaban J connectivity index is 2.48. The summed E-state index contributed by atoms with van der Waals surface area (Å²) < 4.78 is 5.39. The molecule has 0 aliphatic heterocycles. The number of non-ortho nitro benzene ring substituents is 1. The highest BCUT2D eigenvalue weighted by Gasteiger charge is 2.12. The van der Waals surface area contributed by atoms with Crippen LogP contribution in [0.2, 0.25) is 0 Å². The van der Waals surface area contributed by atoms with E-state index in [1.807, 2.05) is 6.92 Å². The number of rotatable bonds is 3. The van der Waals surface area contributed by atoms with Crippen LogP contribution in [0.3, 0.4) is 0 Å². The molecule has 92 valence electrons. The number of hydrogen-bond acceptors (Lipinski definition) is 5. The van der Waals surface area contributed by atoms with Gasteiger partial charge in [-0.15, -0.1) is 0 Å². The van der Waals surface area contributed by atoms with E-state index in [0.717, 1.165) is 11.8 Å². The Morgan fingerprint density at radius 1 is 1.39 bits per heavy atom. The van der Waals surface area contributed by atoms with Gasteiger partial charge in [0.2, 0.25) is 0 Å². The Morgan fingerprint density at radius 3 is 2.83 bits per heavy atom. The van der Waals surface area contributed by atoms with Gasteiger partial charge in [0.25, 0.3) is 5.69 Å². The Bertz CT molecular complexity index is 616. The summed E-state index contributed by atoms with van der Waals surface area (Å²) >= 11 is 0. The van der Waals surface area contributed by atoms with Crippen LogP contribution >= 0.6 is 0 Å². The summed E-state index contributed by atoms with van der Waals surface area (Å²) in [7, 11) is 0. The highest BCUT2D eigenvalue weighted by Crippen LogP contribution is 2.28. The Labute approximate surface area is 102 Å². The predicted molar refractivity (Wildman–Crippen MR) is 64.9 cm³/mol. The fourth-order valence-electron chi connectivity index (χ4n) is 1.61. The maximum Gasteiger partial charge on any atom is 0.270 e. The topological polar surface area (TPSA) is 88.9 Å². The van der Waals surface area contributed by atoms with Crippen LogP contribution in [0.15, 0.2) is 39.9 Å². The number of benzene rings is 1. The molecule has 0 aliphatic carbocycles. The summed E-state index contributed by atoms with van der Waals surface area (Å²) in [5.74, 6) is 0.865. The second kappa shape index (κ2) is 4.70. The predicted octanol–water partition coefficient (Wildman–Crippen LogP) is 2.97. The van der Waals surface area contributed by atoms with E-state index >= 15 is 0 Å². The molecule has 0 unspecified atom stereocenters. The number of hydrogen-bond donors (Lipinski definition) is 1. The van der Waals surface area contributed by atoms with Crippen molar-refractivity contribution < 1.29 is 14.5 Å². The molecule has 0 saturated heterocycles. The molecule has 0 bridgehead atoms. The van der Waals surface area contributed by atoms with E-state index < -0.39 is 4.92 Å². The minimum Gasteiger partial charge on any atom is -0.455 e. The molecule has 0 fully saturated rings. The second-order valence-corrected chi connectivity index (χ2v) is 3.70. The van der Waals surface area contributed by atoms with Gasteiger partial charge in [-0.05, 0) is 24.6 Å². The first-order valence-corrected chi connectivity index (χ1v) is 5.14. The van der Waals surface area contributed by atoms with Crippen LogP contribution in [0.4, 0.5) is 5.69 Å². The van der Waals surface area contributed by atoms with E-state index in [2.05, 4.69) is 5.16 Å². The number of nitro groups is 1. The van der Waals surface area contributed by atoms with E-state index in [1.54, 1.807) is 18.2 Å². The molecular formula is C12H10N2O4. The van der Waals surface area contributed by atoms with Gasteiger partial charge in [0.1, 0.15) is 17.7 Å². The highest BCUT2D eigenvalue weighted by atomic mass is 16.6. The standard InChI is InChI=1S/C12H10N2O4/c1-8-2-3-9(14(16)17)6-11(8)12-5-4-10(18-12)7-13-15/h2-7,15H,1H3/b13-7-. The normalized spacial score (nSPS) is 10.9. The minimum absolute atomic E-state index is 0.00405. The number of nitro benzene ring substituents is 1. The molecule has 0 radical (unpaired) electrons. The molecule has 0 saturated carbocycles. The molecule has 1 N–H and O–H groups in total. The van der Waals surface area contributed by atoms with Gasteiger partial charge in [0.15, 0.2) is 0 Å². The van der Waals surface area contributed by atoms with Crippen molar-refractivity contribution >= 4 is 11.9 Å². The third kappa shape index (κ3) is 2.22. The van der Waals surface area contributed by atoms with Gasteiger partial charge in [0.05, 0.1) is 4.92 Å². The Morgan fingerprint density at radius 2 is 2.17 bits per heavy atom. The van der Waals surface area contributed by atoms with E-state index in [4.69, 9.17) is 9.62 Å². The zero-order valence-corrected chi connectivity index (χ0v) is 9.53. The molecule has 18 heavy (non-hydrogen) atoms. The van der Waals surface area contributed by atoms with Crippen molar-refractivity contribution in [2.75, 3.05) is 0 Å². The zero-order chi connectivity index (χ0) is 13.1. The van der Waals surface area contributed by atoms with Crippen LogP contribution in [0.25, 0.3) is 11.3 Å². The number of oxime groups is 1. The van der Waals surface area contributed by atoms with Crippen molar-refractivity contribution in [3.05, 3.63) is 51.8 Å². The van der Waals surface area contributed by atoms with Gasteiger partial charge in [-0.3, -0.25) is 10.1 Å². The lowest BCUT2D eigenvalue weighted by Crippen LogP contribution is -1.90. The SMILES string of the molecule is Cc1ccc([N+](=O)[O-])cc1-c1ccc(/C=N\O)o1. The van der Waals surface area contributed by atoms with Crippen LogP contribution in [-0.2, 0) is 0 Å². The third-order valence-electron chi connectivity index (χ3n) is 2.51. The van der Waals surface area contributed by atoms with Crippen molar-refractivity contribution in [1.82, 2.24) is 0 Å². The van der Waals surface area contributed by atoms with Crippen molar-refractivity contribution in [2.24, 2.45) is 5.16 Å². The van der Waals surface area contributed by atoms with Gasteiger partial charge < -0.3 is 9.62 Å². The molecule has 0 amide bonds. The molecule has 2 aromatic rings. The fourth-order valence-corrected chi connectivity index (χ4v) is 1.61. The molecule has 0 aliphatic rings. The average molecular weight is 246 g/mol. The van der Waals surface area contributed by atoms with Crippen LogP contribution in [-0.4, -0.2) is 16.3 Å². The number of nitrogens with zero attached hydrogens (tertiary/aromatic N) is 2. The summed E-state index contributed by atoms with van der Waals surface area (Å²) in [6, 6.07) is 7.85. The van der Waals surface area contributed by atoms with Crippen LogP contribution < -0.4 is 0 Å². The van der Waals surface area contributed by atoms with E-state index in [1.165, 1.54) is 12.1 Å². The fraction of sp³-hybridized carbons (Fsp3) is 0.0833. The number of aryl methyl sites for hydroxylation is 1. The highest BCUT2D eigenvalue weighted by molar-refractivity contribution is 5.77. The van der Waals surface area contributed by atoms with Crippen molar-refractivity contribution in [2.45, 2.75) is 6.92 Å². The Kier molecular flexibility index (Phi) is 3.09. The summed E-state index contributed by atoms with van der Waals surface area (Å²) in [5.41, 5.74) is 1.51. The quantitative estimate of drug-likeness (QED) is 0.390. The maximum absolute atomic E-state index is 10.7. The van der Waals surface area contributed by atoms with Gasteiger partial charge >= 0.3 is 0 Å². The molecule has 1 aromatic carbocycles. The van der Waals surface area contributed by atoms with Crippen LogP contribution in [0.1, 0.15) is 11.3 Å². The second-order valence-electron chi connectivity index (χ2n) is 3.70. The number of furan rings is 1. The lowest BCUT2D eigenvalue weighted by Gasteiger charge is -2.02. The molecule has 2 rings (SSSR count). The third-order valence-corrected chi connectivity index (χ3v) is 2.51. The van der Waals surface area contributed by atoms with Gasteiger partial charge in [0, 0.05) is 17.7 Å². The van der Waals surface area contributed by atoms with Crippen molar-refractivity contribution in [3.8, 4) is 11.3 Å². The van der Waals surface area contributed by atoms with Crippen LogP contribution in [0.5, 0.6) is 0 Å². The smallest absolute Gasteiger partial charge is 0.270 e.